The van der Waals surface area contributed by atoms with Crippen molar-refractivity contribution >= 4 is 30.7 Å². The number of aromatic nitrogens is 3. The summed E-state index contributed by atoms with van der Waals surface area (Å²) >= 11 is 0. The highest BCUT2D eigenvalue weighted by Crippen LogP contribution is 2.43. The summed E-state index contributed by atoms with van der Waals surface area (Å²) in [6, 6.07) is 8.21. The fourth-order valence-corrected chi connectivity index (χ4v) is 4.42. The van der Waals surface area contributed by atoms with E-state index >= 15 is 0 Å². The van der Waals surface area contributed by atoms with Crippen LogP contribution in [0, 0.1) is 11.3 Å². The van der Waals surface area contributed by atoms with Gasteiger partial charge in [-0.1, -0.05) is 37.1 Å². The van der Waals surface area contributed by atoms with E-state index in [4.69, 9.17) is 0 Å². The normalized spacial score (nSPS) is 23.6. The van der Waals surface area contributed by atoms with Gasteiger partial charge in [0.1, 0.15) is 12.7 Å². The Hall–Kier alpha value is -1.63. The summed E-state index contributed by atoms with van der Waals surface area (Å²) in [5.41, 5.74) is 2.11. The molecule has 2 aliphatic rings. The SMILES string of the molecule is Cl.Cl.O=C(NCc1ccccc1Cn1cncn1)[C@@]12CCCC[C@H]1CNC2. The molecule has 4 rings (SSSR count). The van der Waals surface area contributed by atoms with E-state index in [9.17, 15) is 4.79 Å². The minimum absolute atomic E-state index is 0. The Morgan fingerprint density at radius 1 is 1.26 bits per heavy atom. The third-order valence-corrected chi connectivity index (χ3v) is 5.85. The van der Waals surface area contributed by atoms with Gasteiger partial charge in [0, 0.05) is 13.1 Å². The zero-order valence-electron chi connectivity index (χ0n) is 15.3. The van der Waals surface area contributed by atoms with Crippen LogP contribution < -0.4 is 10.6 Å². The van der Waals surface area contributed by atoms with E-state index < -0.39 is 0 Å². The second kappa shape index (κ2) is 9.53. The molecule has 1 aliphatic heterocycles. The van der Waals surface area contributed by atoms with Crippen molar-refractivity contribution in [3.63, 3.8) is 0 Å². The third kappa shape index (κ3) is 4.45. The molecular formula is C19H27Cl2N5O. The van der Waals surface area contributed by atoms with Crippen LogP contribution in [0.25, 0.3) is 0 Å². The second-order valence-corrected chi connectivity index (χ2v) is 7.27. The van der Waals surface area contributed by atoms with Crippen LogP contribution in [-0.4, -0.2) is 33.8 Å². The molecule has 148 valence electrons. The molecule has 1 saturated heterocycles. The van der Waals surface area contributed by atoms with E-state index in [2.05, 4.69) is 32.8 Å². The number of fused-ring (bicyclic) bond motifs is 1. The van der Waals surface area contributed by atoms with Crippen LogP contribution in [0.2, 0.25) is 0 Å². The Kier molecular flexibility index (Phi) is 7.65. The molecular weight excluding hydrogens is 385 g/mol. The molecule has 2 fully saturated rings. The average Bonchev–Trinajstić information content (AvgIpc) is 3.30. The van der Waals surface area contributed by atoms with Crippen molar-refractivity contribution in [2.24, 2.45) is 11.3 Å². The Labute approximate surface area is 172 Å². The van der Waals surface area contributed by atoms with Gasteiger partial charge in [-0.2, -0.15) is 5.10 Å². The summed E-state index contributed by atoms with van der Waals surface area (Å²) in [7, 11) is 0. The molecule has 2 atom stereocenters. The summed E-state index contributed by atoms with van der Waals surface area (Å²) in [5, 5.41) is 10.8. The topological polar surface area (TPSA) is 71.8 Å². The van der Waals surface area contributed by atoms with Gasteiger partial charge >= 0.3 is 0 Å². The highest BCUT2D eigenvalue weighted by Gasteiger charge is 2.49. The van der Waals surface area contributed by atoms with Gasteiger partial charge in [0.25, 0.3) is 0 Å². The summed E-state index contributed by atoms with van der Waals surface area (Å²) in [5.74, 6) is 0.712. The van der Waals surface area contributed by atoms with Gasteiger partial charge < -0.3 is 10.6 Å². The molecule has 1 saturated carbocycles. The first-order valence-corrected chi connectivity index (χ1v) is 9.16. The molecule has 2 N–H and O–H groups in total. The maximum atomic E-state index is 13.0. The van der Waals surface area contributed by atoms with E-state index in [1.54, 1.807) is 17.3 Å². The molecule has 0 bridgehead atoms. The van der Waals surface area contributed by atoms with Crippen molar-refractivity contribution < 1.29 is 4.79 Å². The van der Waals surface area contributed by atoms with Gasteiger partial charge in [-0.15, -0.1) is 24.8 Å². The fourth-order valence-electron chi connectivity index (χ4n) is 4.42. The number of benzene rings is 1. The zero-order valence-corrected chi connectivity index (χ0v) is 16.9. The molecule has 0 spiro atoms. The summed E-state index contributed by atoms with van der Waals surface area (Å²) in [6.07, 6.45) is 7.85. The molecule has 1 amide bonds. The van der Waals surface area contributed by atoms with Crippen molar-refractivity contribution in [2.45, 2.75) is 38.8 Å². The molecule has 0 unspecified atom stereocenters. The molecule has 1 aromatic carbocycles. The molecule has 1 aliphatic carbocycles. The molecule has 0 radical (unpaired) electrons. The minimum Gasteiger partial charge on any atom is -0.351 e. The van der Waals surface area contributed by atoms with E-state index in [1.165, 1.54) is 12.8 Å². The van der Waals surface area contributed by atoms with Crippen LogP contribution in [0.5, 0.6) is 0 Å². The quantitative estimate of drug-likeness (QED) is 0.792. The molecule has 8 heteroatoms. The highest BCUT2D eigenvalue weighted by molar-refractivity contribution is 5.85. The van der Waals surface area contributed by atoms with Gasteiger partial charge in [-0.05, 0) is 36.4 Å². The maximum Gasteiger partial charge on any atom is 0.228 e. The van der Waals surface area contributed by atoms with Crippen molar-refractivity contribution in [2.75, 3.05) is 13.1 Å². The standard InChI is InChI=1S/C19H25N5O.2ClH/c25-18(19-8-4-3-7-17(19)10-20-12-19)22-9-15-5-1-2-6-16(15)11-24-14-21-13-23-24;;/h1-2,5-6,13-14,17,20H,3-4,7-12H2,(H,22,25);2*1H/t17-,19+;;/m0../s1. The van der Waals surface area contributed by atoms with Crippen LogP contribution in [0.1, 0.15) is 36.8 Å². The lowest BCUT2D eigenvalue weighted by atomic mass is 9.67. The van der Waals surface area contributed by atoms with Crippen molar-refractivity contribution in [3.8, 4) is 0 Å². The van der Waals surface area contributed by atoms with Gasteiger partial charge in [-0.25, -0.2) is 9.67 Å². The summed E-state index contributed by atoms with van der Waals surface area (Å²) in [4.78, 5) is 17.0. The first kappa shape index (κ1) is 21.7. The lowest BCUT2D eigenvalue weighted by molar-refractivity contribution is -0.134. The number of carbonyl (C=O) groups is 1. The van der Waals surface area contributed by atoms with E-state index in [0.717, 1.165) is 37.1 Å². The number of rotatable bonds is 5. The number of nitrogens with zero attached hydrogens (tertiary/aromatic N) is 3. The first-order valence-electron chi connectivity index (χ1n) is 9.16. The fraction of sp³-hybridized carbons (Fsp3) is 0.526. The third-order valence-electron chi connectivity index (χ3n) is 5.85. The number of nitrogens with one attached hydrogen (secondary N) is 2. The van der Waals surface area contributed by atoms with Crippen molar-refractivity contribution in [1.82, 2.24) is 25.4 Å². The number of halogens is 2. The molecule has 2 heterocycles. The lowest BCUT2D eigenvalue weighted by Crippen LogP contribution is -2.47. The molecule has 2 aromatic rings. The largest absolute Gasteiger partial charge is 0.351 e. The van der Waals surface area contributed by atoms with Crippen LogP contribution in [0.3, 0.4) is 0 Å². The van der Waals surface area contributed by atoms with Gasteiger partial charge in [0.2, 0.25) is 5.91 Å². The van der Waals surface area contributed by atoms with Crippen LogP contribution in [-0.2, 0) is 17.9 Å². The van der Waals surface area contributed by atoms with Gasteiger partial charge in [0.05, 0.1) is 12.0 Å². The number of hydrogen-bond acceptors (Lipinski definition) is 4. The summed E-state index contributed by atoms with van der Waals surface area (Å²) < 4.78 is 1.80. The first-order chi connectivity index (χ1) is 12.3. The van der Waals surface area contributed by atoms with E-state index in [1.807, 2.05) is 12.1 Å². The highest BCUT2D eigenvalue weighted by atomic mass is 35.5. The number of carbonyl (C=O) groups excluding carboxylic acids is 1. The Morgan fingerprint density at radius 3 is 2.85 bits per heavy atom. The van der Waals surface area contributed by atoms with E-state index in [-0.39, 0.29) is 36.1 Å². The van der Waals surface area contributed by atoms with Gasteiger partial charge in [-0.3, -0.25) is 4.79 Å². The summed E-state index contributed by atoms with van der Waals surface area (Å²) in [6.45, 7) is 3.04. The number of amides is 1. The second-order valence-electron chi connectivity index (χ2n) is 7.27. The van der Waals surface area contributed by atoms with Crippen molar-refractivity contribution in [3.05, 3.63) is 48.0 Å². The van der Waals surface area contributed by atoms with Crippen molar-refractivity contribution in [1.29, 1.82) is 0 Å². The van der Waals surface area contributed by atoms with Crippen LogP contribution in [0.15, 0.2) is 36.9 Å². The monoisotopic (exact) mass is 411 g/mol. The molecule has 6 nitrogen and oxygen atoms in total. The molecule has 1 aromatic heterocycles. The molecule has 27 heavy (non-hydrogen) atoms. The average molecular weight is 412 g/mol. The minimum atomic E-state index is -0.195. The zero-order chi connectivity index (χ0) is 17.1. The maximum absolute atomic E-state index is 13.0. The smallest absolute Gasteiger partial charge is 0.228 e. The Balaban J connectivity index is 0.00000131. The van der Waals surface area contributed by atoms with E-state index in [0.29, 0.717) is 19.0 Å². The van der Waals surface area contributed by atoms with Crippen LogP contribution >= 0.6 is 24.8 Å². The Bertz CT molecular complexity index is 739. The predicted molar refractivity (Wildman–Crippen MR) is 109 cm³/mol. The Morgan fingerprint density at radius 2 is 2.07 bits per heavy atom. The van der Waals surface area contributed by atoms with Crippen LogP contribution in [0.4, 0.5) is 0 Å². The lowest BCUT2D eigenvalue weighted by Gasteiger charge is -2.37. The van der Waals surface area contributed by atoms with Gasteiger partial charge in [0.15, 0.2) is 0 Å². The number of hydrogen-bond donors (Lipinski definition) is 2. The predicted octanol–water partition coefficient (Wildman–Crippen LogP) is 2.57.